The lowest BCUT2D eigenvalue weighted by Crippen LogP contribution is -2.31. The molecule has 0 aliphatic heterocycles. The number of hydrogen-bond acceptors (Lipinski definition) is 1. The third-order valence-electron chi connectivity index (χ3n) is 2.00. The molecule has 14 heavy (non-hydrogen) atoms. The van der Waals surface area contributed by atoms with Gasteiger partial charge < -0.3 is 0 Å². The lowest BCUT2D eigenvalue weighted by molar-refractivity contribution is 0.468. The van der Waals surface area contributed by atoms with Gasteiger partial charge in [-0.1, -0.05) is 0 Å². The zero-order valence-corrected chi connectivity index (χ0v) is 11.7. The Morgan fingerprint density at radius 2 is 1.07 bits per heavy atom. The summed E-state index contributed by atoms with van der Waals surface area (Å²) in [5.74, 6) is 0. The van der Waals surface area contributed by atoms with Crippen molar-refractivity contribution in [3.05, 3.63) is 0 Å². The molecule has 0 saturated heterocycles. The van der Waals surface area contributed by atoms with Crippen LogP contribution < -0.4 is 0 Å². The van der Waals surface area contributed by atoms with Crippen molar-refractivity contribution < 1.29 is 0 Å². The third kappa shape index (κ3) is 2.80. The van der Waals surface area contributed by atoms with E-state index in [-0.39, 0.29) is 0 Å². The van der Waals surface area contributed by atoms with Crippen LogP contribution in [0.2, 0.25) is 0 Å². The molecular weight excluding hydrogens is 195 g/mol. The minimum absolute atomic E-state index is 0.357. The van der Waals surface area contributed by atoms with Gasteiger partial charge in [-0.25, -0.2) is 0 Å². The largest absolute Gasteiger partial charge is 0.258 e. The monoisotopic (exact) mass is 220 g/mol. The van der Waals surface area contributed by atoms with Crippen molar-refractivity contribution in [2.75, 3.05) is 42.3 Å². The fourth-order valence-electron chi connectivity index (χ4n) is 1.69. The smallest absolute Gasteiger partial charge is 0.166 e. The van der Waals surface area contributed by atoms with Gasteiger partial charge >= 0.3 is 0 Å². The normalized spacial score (nSPS) is 13.4. The van der Waals surface area contributed by atoms with Crippen LogP contribution in [-0.4, -0.2) is 62.3 Å². The molecule has 4 nitrogen and oxygen atoms in total. The molecule has 0 fully saturated rings. The first-order valence-electron chi connectivity index (χ1n) is 4.90. The van der Waals surface area contributed by atoms with Crippen LogP contribution in [-0.2, 0) is 0 Å². The predicted molar refractivity (Wildman–Crippen MR) is 65.5 cm³/mol. The number of nitrogens with zero attached hydrogens (tertiary/aromatic N) is 4. The quantitative estimate of drug-likeness (QED) is 0.677. The van der Waals surface area contributed by atoms with E-state index in [1.54, 1.807) is 0 Å². The van der Waals surface area contributed by atoms with Crippen LogP contribution in [0.3, 0.4) is 0 Å². The Balaban J connectivity index is 5.40. The Morgan fingerprint density at radius 3 is 1.14 bits per heavy atom. The molecule has 0 saturated carbocycles. The lowest BCUT2D eigenvalue weighted by Gasteiger charge is -2.41. The van der Waals surface area contributed by atoms with Crippen LogP contribution in [0.15, 0.2) is 4.74 Å². The molecule has 0 aromatic carbocycles. The van der Waals surface area contributed by atoms with Crippen molar-refractivity contribution in [1.82, 2.24) is 14.0 Å². The molecule has 0 aromatic heterocycles. The molecule has 0 rings (SSSR count). The van der Waals surface area contributed by atoms with E-state index in [2.05, 4.69) is 70.1 Å². The number of hydrogen-bond donors (Lipinski definition) is 0. The van der Waals surface area contributed by atoms with Crippen LogP contribution in [0, 0.1) is 0 Å². The highest BCUT2D eigenvalue weighted by Crippen LogP contribution is 2.55. The van der Waals surface area contributed by atoms with E-state index < -0.39 is 7.51 Å². The highest BCUT2D eigenvalue weighted by atomic mass is 31.2. The van der Waals surface area contributed by atoms with Gasteiger partial charge in [-0.2, -0.15) is 0 Å². The zero-order valence-electron chi connectivity index (χ0n) is 10.8. The SMILES string of the molecule is CC(C)N=P(N(C)C)(N(C)C)N(C)C. The summed E-state index contributed by atoms with van der Waals surface area (Å²) >= 11 is 0. The molecule has 0 spiro atoms. The van der Waals surface area contributed by atoms with Crippen LogP contribution >= 0.6 is 7.51 Å². The summed E-state index contributed by atoms with van der Waals surface area (Å²) in [5, 5.41) is 0. The molecule has 0 aliphatic rings. The molecule has 5 heteroatoms. The molecule has 0 radical (unpaired) electrons. The van der Waals surface area contributed by atoms with Gasteiger partial charge in [0.25, 0.3) is 0 Å². The molecule has 0 N–H and O–H groups in total. The summed E-state index contributed by atoms with van der Waals surface area (Å²) < 4.78 is 11.6. The third-order valence-corrected chi connectivity index (χ3v) is 5.99. The van der Waals surface area contributed by atoms with Crippen molar-refractivity contribution in [2.24, 2.45) is 4.74 Å². The Bertz CT molecular complexity index is 192. The summed E-state index contributed by atoms with van der Waals surface area (Å²) in [6.07, 6.45) is 0. The summed E-state index contributed by atoms with van der Waals surface area (Å²) in [6.45, 7) is 4.26. The molecule has 0 aromatic rings. The van der Waals surface area contributed by atoms with E-state index in [0.717, 1.165) is 0 Å². The van der Waals surface area contributed by atoms with Gasteiger partial charge in [0.1, 0.15) is 0 Å². The van der Waals surface area contributed by atoms with Gasteiger partial charge in [-0.3, -0.25) is 18.8 Å². The summed E-state index contributed by atoms with van der Waals surface area (Å²) in [4.78, 5) is 0. The lowest BCUT2D eigenvalue weighted by atomic mass is 10.4. The zero-order chi connectivity index (χ0) is 11.5. The van der Waals surface area contributed by atoms with Gasteiger partial charge in [-0.15, -0.1) is 0 Å². The average molecular weight is 220 g/mol. The maximum absolute atomic E-state index is 4.90. The minimum atomic E-state index is -1.64. The van der Waals surface area contributed by atoms with Crippen molar-refractivity contribution in [1.29, 1.82) is 0 Å². The number of rotatable bonds is 4. The Labute approximate surface area is 89.1 Å². The van der Waals surface area contributed by atoms with Crippen molar-refractivity contribution in [2.45, 2.75) is 19.9 Å². The van der Waals surface area contributed by atoms with Crippen molar-refractivity contribution >= 4 is 7.51 Å². The highest BCUT2D eigenvalue weighted by molar-refractivity contribution is 7.59. The Kier molecular flexibility index (Phi) is 5.31. The second kappa shape index (κ2) is 5.26. The molecular formula is C9H25N4P. The summed E-state index contributed by atoms with van der Waals surface area (Å²) in [5.41, 5.74) is 0. The van der Waals surface area contributed by atoms with E-state index in [9.17, 15) is 0 Å². The molecule has 0 heterocycles. The first-order chi connectivity index (χ1) is 6.25. The fraction of sp³-hybridized carbons (Fsp3) is 1.00. The molecule has 0 unspecified atom stereocenters. The molecule has 0 bridgehead atoms. The van der Waals surface area contributed by atoms with Crippen LogP contribution in [0.4, 0.5) is 0 Å². The fourth-order valence-corrected chi connectivity index (χ4v) is 5.08. The van der Waals surface area contributed by atoms with Gasteiger partial charge in [-0.05, 0) is 56.1 Å². The van der Waals surface area contributed by atoms with Crippen LogP contribution in [0.25, 0.3) is 0 Å². The van der Waals surface area contributed by atoms with Crippen LogP contribution in [0.1, 0.15) is 13.8 Å². The standard InChI is InChI=1S/C9H25N4P/c1-9(2)10-14(11(3)4,12(5)6)13(7)8/h9H,1-8H3. The van der Waals surface area contributed by atoms with Gasteiger partial charge in [0.15, 0.2) is 7.51 Å². The Hall–Kier alpha value is 0.110. The van der Waals surface area contributed by atoms with Crippen LogP contribution in [0.5, 0.6) is 0 Å². The topological polar surface area (TPSA) is 22.1 Å². The molecule has 0 amide bonds. The van der Waals surface area contributed by atoms with E-state index in [4.69, 9.17) is 4.74 Å². The maximum Gasteiger partial charge on any atom is 0.166 e. The van der Waals surface area contributed by atoms with Gasteiger partial charge in [0.05, 0.1) is 0 Å². The van der Waals surface area contributed by atoms with E-state index in [1.807, 2.05) is 0 Å². The van der Waals surface area contributed by atoms with Gasteiger partial charge in [0.2, 0.25) is 0 Å². The second-order valence-electron chi connectivity index (χ2n) is 4.29. The first-order valence-corrected chi connectivity index (χ1v) is 6.50. The minimum Gasteiger partial charge on any atom is -0.258 e. The van der Waals surface area contributed by atoms with E-state index >= 15 is 0 Å². The van der Waals surface area contributed by atoms with E-state index in [0.29, 0.717) is 6.04 Å². The first kappa shape index (κ1) is 14.1. The van der Waals surface area contributed by atoms with Crippen molar-refractivity contribution in [3.63, 3.8) is 0 Å². The van der Waals surface area contributed by atoms with Crippen molar-refractivity contribution in [3.8, 4) is 0 Å². The molecule has 86 valence electrons. The average Bonchev–Trinajstić information content (AvgIpc) is 1.97. The van der Waals surface area contributed by atoms with E-state index in [1.165, 1.54) is 0 Å². The Morgan fingerprint density at radius 1 is 0.786 bits per heavy atom. The predicted octanol–water partition coefficient (Wildman–Crippen LogP) is 2.03. The van der Waals surface area contributed by atoms with Gasteiger partial charge in [0, 0.05) is 6.04 Å². The summed E-state index contributed by atoms with van der Waals surface area (Å²) in [6, 6.07) is 0.357. The summed E-state index contributed by atoms with van der Waals surface area (Å²) in [7, 11) is 10.9. The molecule has 0 atom stereocenters. The maximum atomic E-state index is 4.90. The molecule has 0 aliphatic carbocycles. The second-order valence-corrected chi connectivity index (χ2v) is 7.99. The highest BCUT2D eigenvalue weighted by Gasteiger charge is 2.28.